The molecular formula is C18H20ClN3O2. The molecule has 2 aromatic rings. The number of nitro benzene ring substituents is 1. The first-order chi connectivity index (χ1) is 11.6. The predicted molar refractivity (Wildman–Crippen MR) is 95.1 cm³/mol. The summed E-state index contributed by atoms with van der Waals surface area (Å²) in [6, 6.07) is 15.0. The van der Waals surface area contributed by atoms with Crippen LogP contribution in [0.5, 0.6) is 0 Å². The molecule has 3 rings (SSSR count). The summed E-state index contributed by atoms with van der Waals surface area (Å²) in [6.07, 6.45) is 0. The van der Waals surface area contributed by atoms with Gasteiger partial charge in [-0.1, -0.05) is 41.9 Å². The quantitative estimate of drug-likeness (QED) is 0.665. The Morgan fingerprint density at radius 2 is 1.96 bits per heavy atom. The summed E-state index contributed by atoms with van der Waals surface area (Å²) in [4.78, 5) is 13.1. The standard InChI is InChI=1S/C18H20ClN3O2/c19-16-6-7-18(22(23)24)14(8-16)10-21-11-15(9-20)17(12-21)13-4-2-1-3-5-13/h1-8,15,17H,9-12,20H2/t15-,17+/m1/s1. The van der Waals surface area contributed by atoms with E-state index < -0.39 is 0 Å². The Bertz CT molecular complexity index is 723. The fourth-order valence-electron chi connectivity index (χ4n) is 3.51. The van der Waals surface area contributed by atoms with Crippen LogP contribution in [0.4, 0.5) is 5.69 Å². The van der Waals surface area contributed by atoms with Gasteiger partial charge in [0.05, 0.1) is 4.92 Å². The molecule has 0 aromatic heterocycles. The average molecular weight is 346 g/mol. The van der Waals surface area contributed by atoms with E-state index in [0.717, 1.165) is 13.1 Å². The van der Waals surface area contributed by atoms with Crippen molar-refractivity contribution in [3.8, 4) is 0 Å². The highest BCUT2D eigenvalue weighted by molar-refractivity contribution is 6.30. The molecule has 0 saturated carbocycles. The van der Waals surface area contributed by atoms with Crippen LogP contribution < -0.4 is 5.73 Å². The van der Waals surface area contributed by atoms with Crippen molar-refractivity contribution in [1.82, 2.24) is 4.90 Å². The number of hydrogen-bond donors (Lipinski definition) is 1. The first-order valence-corrected chi connectivity index (χ1v) is 8.36. The highest BCUT2D eigenvalue weighted by Crippen LogP contribution is 2.34. The van der Waals surface area contributed by atoms with Gasteiger partial charge >= 0.3 is 0 Å². The minimum Gasteiger partial charge on any atom is -0.330 e. The van der Waals surface area contributed by atoms with Crippen molar-refractivity contribution in [2.75, 3.05) is 19.6 Å². The molecule has 0 unspecified atom stereocenters. The van der Waals surface area contributed by atoms with E-state index in [-0.39, 0.29) is 10.6 Å². The molecule has 1 aliphatic heterocycles. The summed E-state index contributed by atoms with van der Waals surface area (Å²) in [5, 5.41) is 11.8. The van der Waals surface area contributed by atoms with Crippen LogP contribution in [0.25, 0.3) is 0 Å². The van der Waals surface area contributed by atoms with Crippen molar-refractivity contribution < 1.29 is 4.92 Å². The fraction of sp³-hybridized carbons (Fsp3) is 0.333. The molecule has 5 nitrogen and oxygen atoms in total. The van der Waals surface area contributed by atoms with Gasteiger partial charge in [-0.3, -0.25) is 15.0 Å². The van der Waals surface area contributed by atoms with E-state index >= 15 is 0 Å². The number of likely N-dealkylation sites (tertiary alicyclic amines) is 1. The Kier molecular flexibility index (Phi) is 5.14. The highest BCUT2D eigenvalue weighted by atomic mass is 35.5. The molecule has 0 bridgehead atoms. The minimum atomic E-state index is -0.350. The molecule has 2 atom stereocenters. The van der Waals surface area contributed by atoms with Crippen molar-refractivity contribution >= 4 is 17.3 Å². The summed E-state index contributed by atoms with van der Waals surface area (Å²) in [5.74, 6) is 0.708. The normalized spacial score (nSPS) is 21.1. The van der Waals surface area contributed by atoms with Crippen LogP contribution in [0, 0.1) is 16.0 Å². The number of hydrogen-bond acceptors (Lipinski definition) is 4. The lowest BCUT2D eigenvalue weighted by Gasteiger charge is -2.17. The van der Waals surface area contributed by atoms with Crippen molar-refractivity contribution in [3.63, 3.8) is 0 Å². The molecule has 126 valence electrons. The SMILES string of the molecule is NC[C@@H]1CN(Cc2cc(Cl)ccc2[N+](=O)[O-])C[C@H]1c1ccccc1. The van der Waals surface area contributed by atoms with Gasteiger partial charge in [0.15, 0.2) is 0 Å². The monoisotopic (exact) mass is 345 g/mol. The maximum absolute atomic E-state index is 11.2. The molecule has 1 heterocycles. The van der Waals surface area contributed by atoms with E-state index in [1.165, 1.54) is 11.6 Å². The number of nitrogens with two attached hydrogens (primary N) is 1. The van der Waals surface area contributed by atoms with Crippen molar-refractivity contribution in [3.05, 3.63) is 74.8 Å². The van der Waals surface area contributed by atoms with E-state index in [9.17, 15) is 10.1 Å². The van der Waals surface area contributed by atoms with Crippen molar-refractivity contribution in [2.24, 2.45) is 11.7 Å². The maximum Gasteiger partial charge on any atom is 0.273 e. The summed E-state index contributed by atoms with van der Waals surface area (Å²) < 4.78 is 0. The van der Waals surface area contributed by atoms with E-state index in [1.54, 1.807) is 12.1 Å². The van der Waals surface area contributed by atoms with Crippen LogP contribution in [-0.2, 0) is 6.54 Å². The Labute approximate surface area is 146 Å². The number of rotatable bonds is 5. The van der Waals surface area contributed by atoms with Gasteiger partial charge in [-0.2, -0.15) is 0 Å². The lowest BCUT2D eigenvalue weighted by Crippen LogP contribution is -2.23. The Hall–Kier alpha value is -1.95. The first-order valence-electron chi connectivity index (χ1n) is 7.98. The molecule has 0 aliphatic carbocycles. The summed E-state index contributed by atoms with van der Waals surface area (Å²) in [5.41, 5.74) is 8.00. The number of benzene rings is 2. The smallest absolute Gasteiger partial charge is 0.273 e. The van der Waals surface area contributed by atoms with Gasteiger partial charge in [0.25, 0.3) is 5.69 Å². The van der Waals surface area contributed by atoms with Gasteiger partial charge in [0, 0.05) is 42.2 Å². The third-order valence-corrected chi connectivity index (χ3v) is 4.91. The molecule has 0 radical (unpaired) electrons. The van der Waals surface area contributed by atoms with Crippen LogP contribution in [0.1, 0.15) is 17.0 Å². The summed E-state index contributed by atoms with van der Waals surface area (Å²) in [7, 11) is 0. The number of halogens is 1. The summed E-state index contributed by atoms with van der Waals surface area (Å²) >= 11 is 6.03. The first kappa shape index (κ1) is 16.9. The van der Waals surface area contributed by atoms with Crippen LogP contribution in [0.15, 0.2) is 48.5 Å². The molecule has 2 N–H and O–H groups in total. The molecule has 2 aromatic carbocycles. The lowest BCUT2D eigenvalue weighted by atomic mass is 9.89. The Morgan fingerprint density at radius 3 is 2.62 bits per heavy atom. The molecule has 1 saturated heterocycles. The highest BCUT2D eigenvalue weighted by Gasteiger charge is 2.33. The second kappa shape index (κ2) is 7.30. The van der Waals surface area contributed by atoms with Gasteiger partial charge in [-0.15, -0.1) is 0 Å². The molecule has 0 spiro atoms. The largest absolute Gasteiger partial charge is 0.330 e. The zero-order valence-electron chi connectivity index (χ0n) is 13.3. The number of nitrogens with zero attached hydrogens (tertiary/aromatic N) is 2. The zero-order chi connectivity index (χ0) is 17.1. The van der Waals surface area contributed by atoms with Gasteiger partial charge in [-0.25, -0.2) is 0 Å². The lowest BCUT2D eigenvalue weighted by molar-refractivity contribution is -0.385. The fourth-order valence-corrected chi connectivity index (χ4v) is 3.70. The molecule has 6 heteroatoms. The second-order valence-electron chi connectivity index (χ2n) is 6.24. The second-order valence-corrected chi connectivity index (χ2v) is 6.67. The maximum atomic E-state index is 11.2. The molecule has 0 amide bonds. The van der Waals surface area contributed by atoms with Crippen LogP contribution in [-0.4, -0.2) is 29.5 Å². The van der Waals surface area contributed by atoms with E-state index in [4.69, 9.17) is 17.3 Å². The van der Waals surface area contributed by atoms with Crippen molar-refractivity contribution in [1.29, 1.82) is 0 Å². The van der Waals surface area contributed by atoms with Crippen LogP contribution >= 0.6 is 11.6 Å². The van der Waals surface area contributed by atoms with Crippen LogP contribution in [0.3, 0.4) is 0 Å². The predicted octanol–water partition coefficient (Wildman–Crippen LogP) is 3.42. The van der Waals surface area contributed by atoms with Gasteiger partial charge in [0.2, 0.25) is 0 Å². The summed E-state index contributed by atoms with van der Waals surface area (Å²) in [6.45, 7) is 2.79. The van der Waals surface area contributed by atoms with E-state index in [0.29, 0.717) is 35.5 Å². The van der Waals surface area contributed by atoms with Gasteiger partial charge in [0.1, 0.15) is 0 Å². The van der Waals surface area contributed by atoms with Gasteiger partial charge < -0.3 is 5.73 Å². The minimum absolute atomic E-state index is 0.117. The molecular weight excluding hydrogens is 326 g/mol. The third-order valence-electron chi connectivity index (χ3n) is 4.68. The van der Waals surface area contributed by atoms with E-state index in [2.05, 4.69) is 17.0 Å². The van der Waals surface area contributed by atoms with E-state index in [1.807, 2.05) is 18.2 Å². The Morgan fingerprint density at radius 1 is 1.21 bits per heavy atom. The molecule has 24 heavy (non-hydrogen) atoms. The number of nitro groups is 1. The topological polar surface area (TPSA) is 72.4 Å². The molecule has 1 aliphatic rings. The van der Waals surface area contributed by atoms with Crippen LogP contribution in [0.2, 0.25) is 5.02 Å². The average Bonchev–Trinajstić information content (AvgIpc) is 2.98. The molecule has 1 fully saturated rings. The van der Waals surface area contributed by atoms with Crippen molar-refractivity contribution in [2.45, 2.75) is 12.5 Å². The zero-order valence-corrected chi connectivity index (χ0v) is 14.0. The van der Waals surface area contributed by atoms with Gasteiger partial charge in [-0.05, 0) is 30.2 Å². The Balaban J connectivity index is 1.80. The third kappa shape index (κ3) is 3.59.